The van der Waals surface area contributed by atoms with E-state index in [4.69, 9.17) is 9.15 Å². The Morgan fingerprint density at radius 3 is 2.68 bits per heavy atom. The molecule has 0 aliphatic carbocycles. The van der Waals surface area contributed by atoms with Crippen molar-refractivity contribution < 1.29 is 13.9 Å². The molecule has 1 aromatic heterocycles. The lowest BCUT2D eigenvalue weighted by Crippen LogP contribution is -2.55. The van der Waals surface area contributed by atoms with Gasteiger partial charge in [0.2, 0.25) is 5.89 Å². The van der Waals surface area contributed by atoms with Gasteiger partial charge in [-0.25, -0.2) is 4.79 Å². The third-order valence-electron chi connectivity index (χ3n) is 3.74. The summed E-state index contributed by atoms with van der Waals surface area (Å²) < 4.78 is 11.1. The number of hydrogen-bond acceptors (Lipinski definition) is 6. The molecule has 1 aliphatic heterocycles. The molecule has 1 saturated heterocycles. The molecule has 0 radical (unpaired) electrons. The van der Waals surface area contributed by atoms with E-state index >= 15 is 0 Å². The fourth-order valence-electron chi connectivity index (χ4n) is 2.50. The van der Waals surface area contributed by atoms with Crippen LogP contribution in [0.15, 0.2) is 9.22 Å². The summed E-state index contributed by atoms with van der Waals surface area (Å²) in [6.07, 6.45) is 3.45. The second-order valence-corrected chi connectivity index (χ2v) is 8.44. The summed E-state index contributed by atoms with van der Waals surface area (Å²) >= 11 is 4.94. The molecule has 22 heavy (non-hydrogen) atoms. The molecule has 2 atom stereocenters. The van der Waals surface area contributed by atoms with Crippen molar-refractivity contribution in [3.05, 3.63) is 10.7 Å². The van der Waals surface area contributed by atoms with Crippen LogP contribution in [0.4, 0.5) is 4.79 Å². The van der Waals surface area contributed by atoms with E-state index in [2.05, 4.69) is 32.4 Å². The number of carbonyl (C=O) groups is 1. The first-order chi connectivity index (χ1) is 10.2. The third-order valence-corrected chi connectivity index (χ3v) is 5.12. The van der Waals surface area contributed by atoms with Gasteiger partial charge in [0.1, 0.15) is 11.1 Å². The maximum absolute atomic E-state index is 12.7. The van der Waals surface area contributed by atoms with Gasteiger partial charge in [-0.1, -0.05) is 0 Å². The van der Waals surface area contributed by atoms with Crippen molar-refractivity contribution >= 4 is 33.8 Å². The number of aromatic nitrogens is 2. The molecule has 1 fully saturated rings. The number of nitrogens with zero attached hydrogens (tertiary/aromatic N) is 3. The van der Waals surface area contributed by atoms with Gasteiger partial charge in [-0.05, 0) is 46.8 Å². The number of carbonyl (C=O) groups excluding carboxylic acids is 1. The Morgan fingerprint density at radius 2 is 2.18 bits per heavy atom. The van der Waals surface area contributed by atoms with E-state index in [1.807, 2.05) is 27.7 Å². The quantitative estimate of drug-likeness (QED) is 0.763. The molecule has 1 amide bonds. The van der Waals surface area contributed by atoms with Crippen LogP contribution in [-0.4, -0.2) is 44.8 Å². The lowest BCUT2D eigenvalue weighted by Gasteiger charge is -2.44. The number of amides is 1. The van der Waals surface area contributed by atoms with Crippen LogP contribution in [0.3, 0.4) is 0 Å². The van der Waals surface area contributed by atoms with Crippen molar-refractivity contribution in [1.29, 1.82) is 0 Å². The van der Waals surface area contributed by atoms with Gasteiger partial charge in [0.25, 0.3) is 4.80 Å². The van der Waals surface area contributed by atoms with E-state index < -0.39 is 11.1 Å². The Morgan fingerprint density at radius 1 is 1.50 bits per heavy atom. The van der Waals surface area contributed by atoms with Gasteiger partial charge in [-0.3, -0.25) is 4.90 Å². The van der Waals surface area contributed by atoms with Gasteiger partial charge >= 0.3 is 6.09 Å². The molecule has 0 bridgehead atoms. The van der Waals surface area contributed by atoms with E-state index in [1.54, 1.807) is 16.7 Å². The fourth-order valence-corrected chi connectivity index (χ4v) is 3.39. The van der Waals surface area contributed by atoms with Gasteiger partial charge < -0.3 is 9.15 Å². The fraction of sp³-hybridized carbons (Fsp3) is 0.786. The predicted molar refractivity (Wildman–Crippen MR) is 88.8 cm³/mol. The number of ether oxygens (including phenoxy) is 1. The smallest absolute Gasteiger partial charge is 0.411 e. The number of halogens is 1. The van der Waals surface area contributed by atoms with E-state index in [0.29, 0.717) is 22.5 Å². The minimum atomic E-state index is -0.645. The van der Waals surface area contributed by atoms with Gasteiger partial charge in [0.15, 0.2) is 0 Å². The van der Waals surface area contributed by atoms with E-state index in [9.17, 15) is 4.79 Å². The summed E-state index contributed by atoms with van der Waals surface area (Å²) in [4.78, 5) is 14.7. The highest BCUT2D eigenvalue weighted by Crippen LogP contribution is 2.40. The average molecular weight is 392 g/mol. The lowest BCUT2D eigenvalue weighted by molar-refractivity contribution is -0.0189. The van der Waals surface area contributed by atoms with Crippen molar-refractivity contribution in [2.75, 3.05) is 12.8 Å². The Balaban J connectivity index is 2.31. The molecule has 1 aliphatic rings. The van der Waals surface area contributed by atoms with Crippen LogP contribution in [0, 0.1) is 0 Å². The SMILES string of the molecule is CSC1CC[C@](C)(c2nnc(Br)o2)N(C(=O)OC(C)(C)C)C1. The van der Waals surface area contributed by atoms with Crippen molar-refractivity contribution in [2.45, 2.75) is 56.9 Å². The van der Waals surface area contributed by atoms with E-state index in [-0.39, 0.29) is 6.09 Å². The average Bonchev–Trinajstić information content (AvgIpc) is 2.84. The first-order valence-electron chi connectivity index (χ1n) is 7.18. The maximum atomic E-state index is 12.7. The highest BCUT2D eigenvalue weighted by molar-refractivity contribution is 9.10. The third kappa shape index (κ3) is 3.76. The minimum absolute atomic E-state index is 0.319. The molecule has 1 aromatic rings. The number of piperidine rings is 1. The number of thioether (sulfide) groups is 1. The first kappa shape index (κ1) is 17.6. The summed E-state index contributed by atoms with van der Waals surface area (Å²) in [5, 5.41) is 8.31. The highest BCUT2D eigenvalue weighted by Gasteiger charge is 2.47. The second kappa shape index (κ2) is 6.39. The van der Waals surface area contributed by atoms with Gasteiger partial charge in [-0.15, -0.1) is 10.2 Å². The number of hydrogen-bond donors (Lipinski definition) is 0. The zero-order valence-corrected chi connectivity index (χ0v) is 16.0. The molecular formula is C14H22BrN3O3S. The number of rotatable bonds is 2. The van der Waals surface area contributed by atoms with Crippen molar-refractivity contribution in [3.63, 3.8) is 0 Å². The summed E-state index contributed by atoms with van der Waals surface area (Å²) in [7, 11) is 0. The van der Waals surface area contributed by atoms with Crippen molar-refractivity contribution in [2.24, 2.45) is 0 Å². The molecule has 124 valence electrons. The minimum Gasteiger partial charge on any atom is -0.444 e. The van der Waals surface area contributed by atoms with Crippen LogP contribution < -0.4 is 0 Å². The Labute approximate surface area is 143 Å². The molecule has 6 nitrogen and oxygen atoms in total. The Bertz CT molecular complexity index is 546. The van der Waals surface area contributed by atoms with Crippen LogP contribution >= 0.6 is 27.7 Å². The van der Waals surface area contributed by atoms with Crippen LogP contribution in [0.5, 0.6) is 0 Å². The van der Waals surface area contributed by atoms with Gasteiger partial charge in [0, 0.05) is 27.7 Å². The first-order valence-corrected chi connectivity index (χ1v) is 9.27. The maximum Gasteiger partial charge on any atom is 0.411 e. The Hall–Kier alpha value is -0.760. The molecule has 0 spiro atoms. The molecule has 2 rings (SSSR count). The largest absolute Gasteiger partial charge is 0.444 e. The topological polar surface area (TPSA) is 68.5 Å². The summed E-state index contributed by atoms with van der Waals surface area (Å²) in [5.74, 6) is 0.435. The monoisotopic (exact) mass is 391 g/mol. The standard InChI is InChI=1S/C14H22BrN3O3S/c1-13(2,3)21-12(19)18-8-9(22-5)6-7-14(18,4)10-16-17-11(15)20-10/h9H,6-8H2,1-5H3/t9?,14-/m1/s1. The van der Waals surface area contributed by atoms with Gasteiger partial charge in [0.05, 0.1) is 0 Å². The van der Waals surface area contributed by atoms with E-state index in [1.165, 1.54) is 0 Å². The van der Waals surface area contributed by atoms with Crippen LogP contribution in [0.25, 0.3) is 0 Å². The summed E-state index contributed by atoms with van der Waals surface area (Å²) in [6.45, 7) is 8.14. The summed E-state index contributed by atoms with van der Waals surface area (Å²) in [6, 6.07) is 0. The van der Waals surface area contributed by atoms with Crippen molar-refractivity contribution in [3.8, 4) is 0 Å². The molecule has 0 saturated carbocycles. The second-order valence-electron chi connectivity index (χ2n) is 6.62. The predicted octanol–water partition coefficient (Wildman–Crippen LogP) is 3.81. The van der Waals surface area contributed by atoms with Crippen LogP contribution in [0.1, 0.15) is 46.4 Å². The zero-order chi connectivity index (χ0) is 16.5. The molecule has 0 N–H and O–H groups in total. The van der Waals surface area contributed by atoms with Crippen molar-refractivity contribution in [1.82, 2.24) is 15.1 Å². The molecule has 2 heterocycles. The lowest BCUT2D eigenvalue weighted by atomic mass is 9.88. The van der Waals surface area contributed by atoms with Crippen LogP contribution in [0.2, 0.25) is 0 Å². The number of likely N-dealkylation sites (tertiary alicyclic amines) is 1. The molecular weight excluding hydrogens is 370 g/mol. The molecule has 8 heteroatoms. The highest BCUT2D eigenvalue weighted by atomic mass is 79.9. The Kier molecular flexibility index (Phi) is 5.11. The van der Waals surface area contributed by atoms with Gasteiger partial charge in [-0.2, -0.15) is 11.8 Å². The molecule has 0 aromatic carbocycles. The van der Waals surface area contributed by atoms with Crippen LogP contribution in [-0.2, 0) is 10.3 Å². The molecule has 1 unspecified atom stereocenters. The van der Waals surface area contributed by atoms with E-state index in [0.717, 1.165) is 12.8 Å². The zero-order valence-electron chi connectivity index (χ0n) is 13.6. The normalized spacial score (nSPS) is 26.1. The summed E-state index contributed by atoms with van der Waals surface area (Å²) in [5.41, 5.74) is -1.19.